The maximum absolute atomic E-state index is 5.17. The molecule has 4 N–H and O–H groups in total. The van der Waals surface area contributed by atoms with Gasteiger partial charge in [0.1, 0.15) is 0 Å². The van der Waals surface area contributed by atoms with Gasteiger partial charge in [0.25, 0.3) is 0 Å². The summed E-state index contributed by atoms with van der Waals surface area (Å²) in [5.41, 5.74) is 10.9. The third kappa shape index (κ3) is 2.25. The molecule has 0 aromatic rings. The van der Waals surface area contributed by atoms with E-state index in [1.54, 1.807) is 0 Å². The Morgan fingerprint density at radius 3 is 2.50 bits per heavy atom. The summed E-state index contributed by atoms with van der Waals surface area (Å²) in [6, 6.07) is 0. The lowest BCUT2D eigenvalue weighted by Gasteiger charge is -2.03. The third-order valence-corrected chi connectivity index (χ3v) is 2.11. The summed E-state index contributed by atoms with van der Waals surface area (Å²) in [5.74, 6) is 0.212. The Bertz CT molecular complexity index is 143. The molecule has 0 atom stereocenters. The number of rotatable bonds is 3. The first-order valence-corrected chi connectivity index (χ1v) is 3.68. The Hall–Kier alpha value is -0.730. The highest BCUT2D eigenvalue weighted by Gasteiger charge is 2.36. The standard InChI is InChI=1S/C7H15N3/c1-7(2-3-7)4-5-10-6(8)9/h2-5H2,1H3,(H4,8,9,10). The van der Waals surface area contributed by atoms with Crippen LogP contribution in [0.15, 0.2) is 4.99 Å². The van der Waals surface area contributed by atoms with E-state index in [0.717, 1.165) is 13.0 Å². The van der Waals surface area contributed by atoms with Crippen molar-refractivity contribution in [1.82, 2.24) is 0 Å². The van der Waals surface area contributed by atoms with Crippen LogP contribution in [-0.4, -0.2) is 12.5 Å². The highest BCUT2D eigenvalue weighted by Crippen LogP contribution is 2.47. The zero-order valence-electron chi connectivity index (χ0n) is 6.43. The van der Waals surface area contributed by atoms with E-state index < -0.39 is 0 Å². The van der Waals surface area contributed by atoms with Crippen molar-refractivity contribution in [2.45, 2.75) is 26.2 Å². The normalized spacial score (nSPS) is 20.1. The van der Waals surface area contributed by atoms with Crippen LogP contribution < -0.4 is 11.5 Å². The molecule has 0 spiro atoms. The molecule has 3 heteroatoms. The van der Waals surface area contributed by atoms with Crippen molar-refractivity contribution < 1.29 is 0 Å². The van der Waals surface area contributed by atoms with E-state index in [4.69, 9.17) is 11.5 Å². The van der Waals surface area contributed by atoms with Crippen LogP contribution in [0.2, 0.25) is 0 Å². The molecule has 10 heavy (non-hydrogen) atoms. The number of aliphatic imine (C=N–C) groups is 1. The lowest BCUT2D eigenvalue weighted by atomic mass is 10.1. The fourth-order valence-corrected chi connectivity index (χ4v) is 0.918. The summed E-state index contributed by atoms with van der Waals surface area (Å²) < 4.78 is 0. The van der Waals surface area contributed by atoms with Gasteiger partial charge in [-0.3, -0.25) is 4.99 Å². The Kier molecular flexibility index (Phi) is 1.83. The van der Waals surface area contributed by atoms with Crippen LogP contribution in [0.1, 0.15) is 26.2 Å². The first kappa shape index (κ1) is 7.38. The maximum Gasteiger partial charge on any atom is 0.185 e. The second-order valence-electron chi connectivity index (χ2n) is 3.37. The molecule has 0 aromatic heterocycles. The molecule has 0 unspecified atom stereocenters. The number of nitrogens with zero attached hydrogens (tertiary/aromatic N) is 1. The predicted molar refractivity (Wildman–Crippen MR) is 42.6 cm³/mol. The minimum absolute atomic E-state index is 0.212. The van der Waals surface area contributed by atoms with E-state index in [0.29, 0.717) is 5.41 Å². The van der Waals surface area contributed by atoms with Crippen LogP contribution >= 0.6 is 0 Å². The van der Waals surface area contributed by atoms with Crippen molar-refractivity contribution in [3.05, 3.63) is 0 Å². The van der Waals surface area contributed by atoms with Crippen molar-refractivity contribution in [2.24, 2.45) is 21.9 Å². The van der Waals surface area contributed by atoms with Crippen molar-refractivity contribution in [3.8, 4) is 0 Å². The Morgan fingerprint density at radius 1 is 1.50 bits per heavy atom. The van der Waals surface area contributed by atoms with Gasteiger partial charge in [-0.2, -0.15) is 0 Å². The molecule has 1 rings (SSSR count). The quantitative estimate of drug-likeness (QED) is 0.442. The van der Waals surface area contributed by atoms with Crippen LogP contribution in [0.3, 0.4) is 0 Å². The molecule has 0 heterocycles. The second-order valence-corrected chi connectivity index (χ2v) is 3.37. The summed E-state index contributed by atoms with van der Waals surface area (Å²) in [4.78, 5) is 3.92. The molecule has 3 nitrogen and oxygen atoms in total. The van der Waals surface area contributed by atoms with Crippen molar-refractivity contribution in [3.63, 3.8) is 0 Å². The van der Waals surface area contributed by atoms with Gasteiger partial charge in [-0.05, 0) is 24.7 Å². The minimum atomic E-state index is 0.212. The van der Waals surface area contributed by atoms with Gasteiger partial charge >= 0.3 is 0 Å². The number of nitrogens with two attached hydrogens (primary N) is 2. The number of hydrogen-bond acceptors (Lipinski definition) is 1. The molecule has 1 aliphatic rings. The van der Waals surface area contributed by atoms with Gasteiger partial charge in [0.2, 0.25) is 0 Å². The van der Waals surface area contributed by atoms with Gasteiger partial charge < -0.3 is 11.5 Å². The van der Waals surface area contributed by atoms with Crippen molar-refractivity contribution >= 4 is 5.96 Å². The molecule has 1 saturated carbocycles. The van der Waals surface area contributed by atoms with Gasteiger partial charge in [-0.15, -0.1) is 0 Å². The minimum Gasteiger partial charge on any atom is -0.370 e. The average molecular weight is 141 g/mol. The van der Waals surface area contributed by atoms with Gasteiger partial charge in [-0.1, -0.05) is 6.92 Å². The van der Waals surface area contributed by atoms with Gasteiger partial charge in [0.05, 0.1) is 0 Å². The summed E-state index contributed by atoms with van der Waals surface area (Å²) in [5, 5.41) is 0. The van der Waals surface area contributed by atoms with E-state index in [2.05, 4.69) is 11.9 Å². The zero-order chi connectivity index (χ0) is 7.61. The SMILES string of the molecule is CC1(CCN=C(N)N)CC1. The predicted octanol–water partition coefficient (Wildman–Crippen LogP) is 0.450. The summed E-state index contributed by atoms with van der Waals surface area (Å²) in [6.07, 6.45) is 3.81. The lowest BCUT2D eigenvalue weighted by Crippen LogP contribution is -2.23. The number of hydrogen-bond donors (Lipinski definition) is 2. The van der Waals surface area contributed by atoms with Crippen LogP contribution in [0.5, 0.6) is 0 Å². The van der Waals surface area contributed by atoms with Crippen LogP contribution in [0.25, 0.3) is 0 Å². The molecular weight excluding hydrogens is 126 g/mol. The first-order valence-electron chi connectivity index (χ1n) is 3.68. The molecule has 1 fully saturated rings. The zero-order valence-corrected chi connectivity index (χ0v) is 6.43. The fourth-order valence-electron chi connectivity index (χ4n) is 0.918. The Labute approximate surface area is 61.5 Å². The lowest BCUT2D eigenvalue weighted by molar-refractivity contribution is 0.528. The second kappa shape index (κ2) is 2.48. The molecule has 0 aromatic carbocycles. The molecule has 0 saturated heterocycles. The summed E-state index contributed by atoms with van der Waals surface area (Å²) in [6.45, 7) is 3.06. The highest BCUT2D eigenvalue weighted by atomic mass is 15.0. The molecule has 0 bridgehead atoms. The monoisotopic (exact) mass is 141 g/mol. The molecule has 1 aliphatic carbocycles. The van der Waals surface area contributed by atoms with E-state index in [-0.39, 0.29) is 5.96 Å². The van der Waals surface area contributed by atoms with Crippen molar-refractivity contribution in [2.75, 3.05) is 6.54 Å². The Morgan fingerprint density at radius 2 is 2.10 bits per heavy atom. The van der Waals surface area contributed by atoms with Crippen LogP contribution in [0.4, 0.5) is 0 Å². The smallest absolute Gasteiger partial charge is 0.185 e. The Balaban J connectivity index is 2.11. The first-order chi connectivity index (χ1) is 4.62. The molecular formula is C7H15N3. The number of guanidine groups is 1. The highest BCUT2D eigenvalue weighted by molar-refractivity contribution is 5.75. The van der Waals surface area contributed by atoms with E-state index in [1.165, 1.54) is 12.8 Å². The molecule has 0 radical (unpaired) electrons. The van der Waals surface area contributed by atoms with Gasteiger partial charge in [0.15, 0.2) is 5.96 Å². The van der Waals surface area contributed by atoms with Crippen LogP contribution in [0, 0.1) is 5.41 Å². The van der Waals surface area contributed by atoms with Gasteiger partial charge in [-0.25, -0.2) is 0 Å². The maximum atomic E-state index is 5.17. The topological polar surface area (TPSA) is 64.4 Å². The molecule has 0 amide bonds. The average Bonchev–Trinajstić information content (AvgIpc) is 2.47. The van der Waals surface area contributed by atoms with E-state index >= 15 is 0 Å². The van der Waals surface area contributed by atoms with E-state index in [9.17, 15) is 0 Å². The van der Waals surface area contributed by atoms with Crippen molar-refractivity contribution in [1.29, 1.82) is 0 Å². The fraction of sp³-hybridized carbons (Fsp3) is 0.857. The summed E-state index contributed by atoms with van der Waals surface area (Å²) in [7, 11) is 0. The third-order valence-electron chi connectivity index (χ3n) is 2.11. The largest absolute Gasteiger partial charge is 0.370 e. The summed E-state index contributed by atoms with van der Waals surface area (Å²) >= 11 is 0. The van der Waals surface area contributed by atoms with E-state index in [1.807, 2.05) is 0 Å². The van der Waals surface area contributed by atoms with Gasteiger partial charge in [0, 0.05) is 6.54 Å². The molecule has 0 aliphatic heterocycles. The van der Waals surface area contributed by atoms with Crippen LogP contribution in [-0.2, 0) is 0 Å². The molecule has 58 valence electrons.